The molecule has 0 aromatic rings. The van der Waals surface area contributed by atoms with E-state index >= 15 is 0 Å². The van der Waals surface area contributed by atoms with Crippen molar-refractivity contribution in [3.8, 4) is 0 Å². The van der Waals surface area contributed by atoms with Crippen LogP contribution in [0.1, 0.15) is 44.9 Å². The van der Waals surface area contributed by atoms with Crippen LogP contribution in [0.5, 0.6) is 0 Å². The van der Waals surface area contributed by atoms with E-state index in [1.165, 1.54) is 23.4 Å². The Morgan fingerprint density at radius 3 is 2.73 bits per heavy atom. The standard InChI is InChI=1S/C15H26N2O4S/c1-22(19,20)17-8-7-15(11-17)6-2-3-13(21-15)10-16-14(18)9-12-4-5-12/h12-13H,2-11H2,1H3,(H,16,18)/t13-,15+/m0/s1. The molecule has 1 saturated carbocycles. The second-order valence-corrected chi connectivity index (χ2v) is 9.10. The molecule has 126 valence electrons. The lowest BCUT2D eigenvalue weighted by molar-refractivity contribution is -0.129. The van der Waals surface area contributed by atoms with Gasteiger partial charge in [0.1, 0.15) is 0 Å². The highest BCUT2D eigenvalue weighted by Crippen LogP contribution is 2.37. The highest BCUT2D eigenvalue weighted by atomic mass is 32.2. The number of sulfonamides is 1. The zero-order chi connectivity index (χ0) is 15.8. The minimum Gasteiger partial charge on any atom is -0.369 e. The van der Waals surface area contributed by atoms with Crippen molar-refractivity contribution >= 4 is 15.9 Å². The molecule has 6 nitrogen and oxygen atoms in total. The number of rotatable bonds is 5. The van der Waals surface area contributed by atoms with Crippen molar-refractivity contribution in [2.24, 2.45) is 5.92 Å². The van der Waals surface area contributed by atoms with E-state index in [1.54, 1.807) is 0 Å². The molecular weight excluding hydrogens is 304 g/mol. The Bertz CT molecular complexity index is 532. The van der Waals surface area contributed by atoms with E-state index < -0.39 is 10.0 Å². The Balaban J connectivity index is 1.50. The molecule has 0 aromatic carbocycles. The van der Waals surface area contributed by atoms with E-state index in [0.717, 1.165) is 25.7 Å². The first-order chi connectivity index (χ1) is 10.4. The number of hydrogen-bond acceptors (Lipinski definition) is 4. The SMILES string of the molecule is CS(=O)(=O)N1CC[C@]2(CCC[C@@H](CNC(=O)CC3CC3)O2)C1. The molecule has 1 spiro atoms. The lowest BCUT2D eigenvalue weighted by Gasteiger charge is -2.38. The summed E-state index contributed by atoms with van der Waals surface area (Å²) in [5, 5.41) is 2.98. The van der Waals surface area contributed by atoms with E-state index in [2.05, 4.69) is 5.32 Å². The second kappa shape index (κ2) is 6.09. The van der Waals surface area contributed by atoms with Gasteiger partial charge in [0.2, 0.25) is 15.9 Å². The highest BCUT2D eigenvalue weighted by Gasteiger charge is 2.45. The number of nitrogens with one attached hydrogen (secondary N) is 1. The van der Waals surface area contributed by atoms with Gasteiger partial charge in [0, 0.05) is 26.1 Å². The van der Waals surface area contributed by atoms with Crippen LogP contribution in [0.3, 0.4) is 0 Å². The van der Waals surface area contributed by atoms with Crippen LogP contribution < -0.4 is 5.32 Å². The second-order valence-electron chi connectivity index (χ2n) is 7.11. The molecule has 1 amide bonds. The molecule has 3 fully saturated rings. The van der Waals surface area contributed by atoms with Gasteiger partial charge in [-0.3, -0.25) is 4.79 Å². The van der Waals surface area contributed by atoms with Gasteiger partial charge in [0.15, 0.2) is 0 Å². The largest absolute Gasteiger partial charge is 0.369 e. The number of ether oxygens (including phenoxy) is 1. The van der Waals surface area contributed by atoms with Crippen molar-refractivity contribution in [3.63, 3.8) is 0 Å². The van der Waals surface area contributed by atoms with Crippen molar-refractivity contribution in [1.29, 1.82) is 0 Å². The summed E-state index contributed by atoms with van der Waals surface area (Å²) in [6.07, 6.45) is 7.89. The molecule has 0 radical (unpaired) electrons. The molecule has 0 bridgehead atoms. The van der Waals surface area contributed by atoms with E-state index in [0.29, 0.717) is 32.0 Å². The van der Waals surface area contributed by atoms with Crippen LogP contribution in [0, 0.1) is 5.92 Å². The summed E-state index contributed by atoms with van der Waals surface area (Å²) in [6, 6.07) is 0. The van der Waals surface area contributed by atoms with Crippen LogP contribution in [0.4, 0.5) is 0 Å². The third-order valence-electron chi connectivity index (χ3n) is 5.02. The van der Waals surface area contributed by atoms with Crippen LogP contribution >= 0.6 is 0 Å². The first kappa shape index (κ1) is 16.2. The summed E-state index contributed by atoms with van der Waals surface area (Å²) in [5.41, 5.74) is -0.340. The summed E-state index contributed by atoms with van der Waals surface area (Å²) in [6.45, 7) is 1.55. The molecule has 1 N–H and O–H groups in total. The van der Waals surface area contributed by atoms with E-state index in [4.69, 9.17) is 4.74 Å². The molecule has 3 aliphatic rings. The maximum atomic E-state index is 11.8. The van der Waals surface area contributed by atoms with E-state index in [1.807, 2.05) is 0 Å². The van der Waals surface area contributed by atoms with Gasteiger partial charge in [-0.05, 0) is 44.4 Å². The number of carbonyl (C=O) groups is 1. The van der Waals surface area contributed by atoms with Crippen molar-refractivity contribution in [1.82, 2.24) is 9.62 Å². The minimum absolute atomic E-state index is 0.0106. The molecule has 2 heterocycles. The highest BCUT2D eigenvalue weighted by molar-refractivity contribution is 7.88. The van der Waals surface area contributed by atoms with Gasteiger partial charge < -0.3 is 10.1 Å². The minimum atomic E-state index is -3.14. The van der Waals surface area contributed by atoms with Crippen molar-refractivity contribution < 1.29 is 17.9 Å². The summed E-state index contributed by atoms with van der Waals surface area (Å²) in [5.74, 6) is 0.715. The molecular formula is C15H26N2O4S. The first-order valence-electron chi connectivity index (χ1n) is 8.26. The quantitative estimate of drug-likeness (QED) is 0.812. The lowest BCUT2D eigenvalue weighted by atomic mass is 9.90. The van der Waals surface area contributed by atoms with Gasteiger partial charge >= 0.3 is 0 Å². The Hall–Kier alpha value is -0.660. The summed E-state index contributed by atoms with van der Waals surface area (Å²) >= 11 is 0. The van der Waals surface area contributed by atoms with Gasteiger partial charge in [-0.15, -0.1) is 0 Å². The van der Waals surface area contributed by atoms with Crippen molar-refractivity contribution in [3.05, 3.63) is 0 Å². The summed E-state index contributed by atoms with van der Waals surface area (Å²) < 4.78 is 31.1. The number of carbonyl (C=O) groups excluding carboxylic acids is 1. The maximum Gasteiger partial charge on any atom is 0.220 e. The fourth-order valence-electron chi connectivity index (χ4n) is 3.54. The molecule has 3 rings (SSSR count). The van der Waals surface area contributed by atoms with E-state index in [-0.39, 0.29) is 17.6 Å². The van der Waals surface area contributed by atoms with Gasteiger partial charge in [-0.2, -0.15) is 4.31 Å². The number of nitrogens with zero attached hydrogens (tertiary/aromatic N) is 1. The van der Waals surface area contributed by atoms with Gasteiger partial charge in [0.05, 0.1) is 18.0 Å². The molecule has 2 aliphatic heterocycles. The monoisotopic (exact) mass is 330 g/mol. The van der Waals surface area contributed by atoms with Crippen LogP contribution in [-0.4, -0.2) is 56.2 Å². The smallest absolute Gasteiger partial charge is 0.220 e. The van der Waals surface area contributed by atoms with Crippen LogP contribution in [0.15, 0.2) is 0 Å². The van der Waals surface area contributed by atoms with Crippen molar-refractivity contribution in [2.75, 3.05) is 25.9 Å². The number of hydrogen-bond donors (Lipinski definition) is 1. The molecule has 0 unspecified atom stereocenters. The molecule has 0 aromatic heterocycles. The zero-order valence-corrected chi connectivity index (χ0v) is 14.0. The predicted octanol–water partition coefficient (Wildman–Crippen LogP) is 0.876. The third kappa shape index (κ3) is 4.00. The topological polar surface area (TPSA) is 75.7 Å². The Labute approximate surface area is 132 Å². The average Bonchev–Trinajstić information content (AvgIpc) is 3.16. The zero-order valence-electron chi connectivity index (χ0n) is 13.2. The molecule has 2 saturated heterocycles. The maximum absolute atomic E-state index is 11.8. The van der Waals surface area contributed by atoms with Gasteiger partial charge in [0.25, 0.3) is 0 Å². The summed E-state index contributed by atoms with van der Waals surface area (Å²) in [7, 11) is -3.14. The third-order valence-corrected chi connectivity index (χ3v) is 6.27. The molecule has 22 heavy (non-hydrogen) atoms. The molecule has 7 heteroatoms. The average molecular weight is 330 g/mol. The van der Waals surface area contributed by atoms with Gasteiger partial charge in [-0.1, -0.05) is 0 Å². The number of amides is 1. The lowest BCUT2D eigenvalue weighted by Crippen LogP contribution is -2.47. The van der Waals surface area contributed by atoms with E-state index in [9.17, 15) is 13.2 Å². The predicted molar refractivity (Wildman–Crippen MR) is 82.8 cm³/mol. The van der Waals surface area contributed by atoms with Crippen LogP contribution in [0.25, 0.3) is 0 Å². The van der Waals surface area contributed by atoms with Crippen LogP contribution in [0.2, 0.25) is 0 Å². The van der Waals surface area contributed by atoms with Crippen molar-refractivity contribution in [2.45, 2.75) is 56.7 Å². The first-order valence-corrected chi connectivity index (χ1v) is 10.1. The Morgan fingerprint density at radius 2 is 2.09 bits per heavy atom. The fourth-order valence-corrected chi connectivity index (χ4v) is 4.44. The molecule has 1 aliphatic carbocycles. The Kier molecular flexibility index (Phi) is 4.49. The van der Waals surface area contributed by atoms with Gasteiger partial charge in [-0.25, -0.2) is 8.42 Å². The van der Waals surface area contributed by atoms with Crippen LogP contribution in [-0.2, 0) is 19.6 Å². The molecule has 2 atom stereocenters. The Morgan fingerprint density at radius 1 is 1.32 bits per heavy atom. The summed E-state index contributed by atoms with van der Waals surface area (Å²) in [4.78, 5) is 11.8. The fraction of sp³-hybridized carbons (Fsp3) is 0.933. The normalized spacial score (nSPS) is 33.2.